The van der Waals surface area contributed by atoms with Gasteiger partial charge in [0.15, 0.2) is 0 Å². The summed E-state index contributed by atoms with van der Waals surface area (Å²) in [5.74, 6) is -0.388. The zero-order valence-corrected chi connectivity index (χ0v) is 14.6. The first-order valence-electron chi connectivity index (χ1n) is 8.52. The number of carbonyl (C=O) groups is 1. The van der Waals surface area contributed by atoms with Gasteiger partial charge in [0.05, 0.1) is 0 Å². The Bertz CT molecular complexity index is 1140. The minimum Gasteiger partial charge on any atom is -0.439 e. The second-order valence-corrected chi connectivity index (χ2v) is 6.16. The number of halogens is 2. The van der Waals surface area contributed by atoms with Gasteiger partial charge in [0.25, 0.3) is 5.91 Å². The summed E-state index contributed by atoms with van der Waals surface area (Å²) in [6.07, 6.45) is 1.56. The minimum absolute atomic E-state index is 0.260. The van der Waals surface area contributed by atoms with E-state index in [1.54, 1.807) is 42.6 Å². The molecule has 140 valence electrons. The molecule has 2 aromatic heterocycles. The third-order valence-corrected chi connectivity index (χ3v) is 4.10. The van der Waals surface area contributed by atoms with E-state index in [9.17, 15) is 13.6 Å². The molecular formula is C21H15F2N3O2. The summed E-state index contributed by atoms with van der Waals surface area (Å²) in [4.78, 5) is 19.4. The van der Waals surface area contributed by atoms with Crippen molar-refractivity contribution in [3.63, 3.8) is 0 Å². The molecule has 0 aliphatic heterocycles. The highest BCUT2D eigenvalue weighted by atomic mass is 19.1. The zero-order chi connectivity index (χ0) is 19.5. The molecule has 0 radical (unpaired) electrons. The minimum atomic E-state index is -0.392. The van der Waals surface area contributed by atoms with E-state index in [-0.39, 0.29) is 18.3 Å². The predicted octanol–water partition coefficient (Wildman–Crippen LogP) is 4.56. The fourth-order valence-electron chi connectivity index (χ4n) is 2.73. The van der Waals surface area contributed by atoms with E-state index >= 15 is 0 Å². The van der Waals surface area contributed by atoms with Crippen LogP contribution < -0.4 is 10.1 Å². The first kappa shape index (κ1) is 17.7. The van der Waals surface area contributed by atoms with Gasteiger partial charge >= 0.3 is 0 Å². The van der Waals surface area contributed by atoms with Gasteiger partial charge in [-0.1, -0.05) is 12.1 Å². The van der Waals surface area contributed by atoms with Crippen molar-refractivity contribution < 1.29 is 18.3 Å². The molecule has 4 rings (SSSR count). The van der Waals surface area contributed by atoms with E-state index in [2.05, 4.69) is 15.3 Å². The van der Waals surface area contributed by atoms with E-state index in [4.69, 9.17) is 4.74 Å². The van der Waals surface area contributed by atoms with Crippen molar-refractivity contribution >= 4 is 16.8 Å². The molecule has 5 nitrogen and oxygen atoms in total. The molecule has 0 aliphatic carbocycles. The molecule has 0 fully saturated rings. The molecular weight excluding hydrogens is 364 g/mol. The van der Waals surface area contributed by atoms with E-state index in [1.165, 1.54) is 24.3 Å². The van der Waals surface area contributed by atoms with Crippen molar-refractivity contribution in [1.82, 2.24) is 15.3 Å². The van der Waals surface area contributed by atoms with Gasteiger partial charge in [-0.15, -0.1) is 0 Å². The molecule has 4 aromatic rings. The number of fused-ring (bicyclic) bond motifs is 1. The Hall–Kier alpha value is -3.74. The maximum absolute atomic E-state index is 13.3. The van der Waals surface area contributed by atoms with Crippen LogP contribution in [0.1, 0.15) is 16.1 Å². The summed E-state index contributed by atoms with van der Waals surface area (Å²) in [6.45, 7) is 0.260. The van der Waals surface area contributed by atoms with E-state index < -0.39 is 5.82 Å². The molecule has 0 saturated carbocycles. The largest absolute Gasteiger partial charge is 0.439 e. The number of H-pyrrole nitrogens is 1. The van der Waals surface area contributed by atoms with Gasteiger partial charge < -0.3 is 15.0 Å². The summed E-state index contributed by atoms with van der Waals surface area (Å²) < 4.78 is 31.9. The standard InChI is InChI=1S/C21H15F2N3O2/c22-15-2-1-3-17(10-15)28-20-7-4-13(11-24-20)12-25-21(27)19-9-14-8-16(23)5-6-18(14)26-19/h1-11,26H,12H2,(H,25,27). The average Bonchev–Trinajstić information content (AvgIpc) is 3.10. The molecule has 0 saturated heterocycles. The quantitative estimate of drug-likeness (QED) is 0.534. The Balaban J connectivity index is 1.38. The van der Waals surface area contributed by atoms with Crippen molar-refractivity contribution in [2.75, 3.05) is 0 Å². The number of nitrogens with one attached hydrogen (secondary N) is 2. The lowest BCUT2D eigenvalue weighted by molar-refractivity contribution is 0.0946. The molecule has 0 bridgehead atoms. The number of pyridine rings is 1. The number of ether oxygens (including phenoxy) is 1. The number of aromatic amines is 1. The fraction of sp³-hybridized carbons (Fsp3) is 0.0476. The first-order chi connectivity index (χ1) is 13.6. The summed E-state index contributed by atoms with van der Waals surface area (Å²) >= 11 is 0. The SMILES string of the molecule is O=C(NCc1ccc(Oc2cccc(F)c2)nc1)c1cc2cc(F)ccc2[nH]1. The van der Waals surface area contributed by atoms with Gasteiger partial charge in [0.2, 0.25) is 5.88 Å². The Morgan fingerprint density at radius 3 is 2.68 bits per heavy atom. The van der Waals surface area contributed by atoms with Crippen LogP contribution in [0.5, 0.6) is 11.6 Å². The number of hydrogen-bond donors (Lipinski definition) is 2. The van der Waals surface area contributed by atoms with Gasteiger partial charge in [-0.05, 0) is 42.0 Å². The van der Waals surface area contributed by atoms with Crippen LogP contribution in [0.25, 0.3) is 10.9 Å². The van der Waals surface area contributed by atoms with Crippen molar-refractivity contribution in [3.05, 3.63) is 89.8 Å². The second-order valence-electron chi connectivity index (χ2n) is 6.16. The second kappa shape index (κ2) is 7.48. The number of nitrogens with zero attached hydrogens (tertiary/aromatic N) is 1. The Labute approximate surface area is 159 Å². The maximum Gasteiger partial charge on any atom is 0.267 e. The highest BCUT2D eigenvalue weighted by Crippen LogP contribution is 2.20. The van der Waals surface area contributed by atoms with Gasteiger partial charge in [0.1, 0.15) is 23.1 Å². The Morgan fingerprint density at radius 1 is 1.04 bits per heavy atom. The van der Waals surface area contributed by atoms with Crippen LogP contribution in [0, 0.1) is 11.6 Å². The average molecular weight is 379 g/mol. The van der Waals surface area contributed by atoms with Gasteiger partial charge in [-0.2, -0.15) is 0 Å². The molecule has 0 atom stereocenters. The number of benzene rings is 2. The highest BCUT2D eigenvalue weighted by molar-refractivity contribution is 5.97. The summed E-state index contributed by atoms with van der Waals surface area (Å²) in [7, 11) is 0. The molecule has 28 heavy (non-hydrogen) atoms. The highest BCUT2D eigenvalue weighted by Gasteiger charge is 2.10. The van der Waals surface area contributed by atoms with Crippen LogP contribution in [0.15, 0.2) is 66.9 Å². The van der Waals surface area contributed by atoms with Crippen molar-refractivity contribution in [2.24, 2.45) is 0 Å². The molecule has 7 heteroatoms. The normalized spacial score (nSPS) is 10.8. The zero-order valence-electron chi connectivity index (χ0n) is 14.6. The summed E-state index contributed by atoms with van der Waals surface area (Å²) in [5, 5.41) is 3.40. The molecule has 2 aromatic carbocycles. The molecule has 0 aliphatic rings. The molecule has 0 unspecified atom stereocenters. The van der Waals surface area contributed by atoms with E-state index in [1.807, 2.05) is 0 Å². The maximum atomic E-state index is 13.3. The lowest BCUT2D eigenvalue weighted by Crippen LogP contribution is -2.23. The first-order valence-corrected chi connectivity index (χ1v) is 8.52. The summed E-state index contributed by atoms with van der Waals surface area (Å²) in [6, 6.07) is 15.0. The number of aromatic nitrogens is 2. The van der Waals surface area contributed by atoms with E-state index in [0.717, 1.165) is 5.56 Å². The Kier molecular flexibility index (Phi) is 4.72. The topological polar surface area (TPSA) is 67.0 Å². The third kappa shape index (κ3) is 3.98. The van der Waals surface area contributed by atoms with Crippen LogP contribution >= 0.6 is 0 Å². The molecule has 2 heterocycles. The van der Waals surface area contributed by atoms with Crippen LogP contribution in [-0.2, 0) is 6.54 Å². The van der Waals surface area contributed by atoms with Crippen molar-refractivity contribution in [1.29, 1.82) is 0 Å². The smallest absolute Gasteiger partial charge is 0.267 e. The number of rotatable bonds is 5. The predicted molar refractivity (Wildman–Crippen MR) is 100 cm³/mol. The molecule has 1 amide bonds. The van der Waals surface area contributed by atoms with Crippen molar-refractivity contribution in [2.45, 2.75) is 6.54 Å². The van der Waals surface area contributed by atoms with Gasteiger partial charge in [-0.25, -0.2) is 13.8 Å². The molecule has 0 spiro atoms. The molecule has 2 N–H and O–H groups in total. The van der Waals surface area contributed by atoms with Crippen LogP contribution in [0.3, 0.4) is 0 Å². The lowest BCUT2D eigenvalue weighted by atomic mass is 10.2. The summed E-state index contributed by atoms with van der Waals surface area (Å²) in [5.41, 5.74) is 1.80. The van der Waals surface area contributed by atoms with Crippen LogP contribution in [0.4, 0.5) is 8.78 Å². The number of amides is 1. The number of carbonyl (C=O) groups excluding carboxylic acids is 1. The van der Waals surface area contributed by atoms with Crippen molar-refractivity contribution in [3.8, 4) is 11.6 Å². The lowest BCUT2D eigenvalue weighted by Gasteiger charge is -2.07. The van der Waals surface area contributed by atoms with Crippen LogP contribution in [-0.4, -0.2) is 15.9 Å². The van der Waals surface area contributed by atoms with Crippen LogP contribution in [0.2, 0.25) is 0 Å². The van der Waals surface area contributed by atoms with Gasteiger partial charge in [0, 0.05) is 35.8 Å². The Morgan fingerprint density at radius 2 is 1.89 bits per heavy atom. The monoisotopic (exact) mass is 379 g/mol. The van der Waals surface area contributed by atoms with E-state index in [0.29, 0.717) is 28.2 Å². The fourth-order valence-corrected chi connectivity index (χ4v) is 2.73. The van der Waals surface area contributed by atoms with Gasteiger partial charge in [-0.3, -0.25) is 4.79 Å². The third-order valence-electron chi connectivity index (χ3n) is 4.10. The number of hydrogen-bond acceptors (Lipinski definition) is 3.